The van der Waals surface area contributed by atoms with Crippen molar-refractivity contribution in [2.75, 3.05) is 0 Å². The Hall–Kier alpha value is -1.16. The van der Waals surface area contributed by atoms with Crippen LogP contribution in [0.25, 0.3) is 11.3 Å². The van der Waals surface area contributed by atoms with E-state index in [-0.39, 0.29) is 25.8 Å². The van der Waals surface area contributed by atoms with Gasteiger partial charge in [0.15, 0.2) is 0 Å². The third kappa shape index (κ3) is 2.80. The molecular weight excluding hydrogens is 380 g/mol. The Balaban J connectivity index is 2.72. The first-order valence-electron chi connectivity index (χ1n) is 5.09. The van der Waals surface area contributed by atoms with Gasteiger partial charge in [-0.3, -0.25) is 0 Å². The van der Waals surface area contributed by atoms with Gasteiger partial charge in [0, 0.05) is 15.6 Å². The Kier molecular flexibility index (Phi) is 4.05. The lowest BCUT2D eigenvalue weighted by molar-refractivity contribution is -0.141. The molecule has 2 rings (SSSR count). The third-order valence-corrected chi connectivity index (χ3v) is 3.71. The molecule has 0 saturated carbocycles. The molecule has 1 aromatic heterocycles. The van der Waals surface area contributed by atoms with Crippen molar-refractivity contribution in [3.8, 4) is 17.3 Å². The molecule has 1 N–H and O–H groups in total. The number of aromatic nitrogens is 1. The summed E-state index contributed by atoms with van der Waals surface area (Å²) in [6.07, 6.45) is -4.61. The molecule has 0 spiro atoms. The summed E-state index contributed by atoms with van der Waals surface area (Å²) in [7, 11) is 0. The van der Waals surface area contributed by atoms with Crippen molar-refractivity contribution in [1.82, 2.24) is 4.98 Å². The second-order valence-corrected chi connectivity index (χ2v) is 5.50. The largest absolute Gasteiger partial charge is 0.432 e. The van der Waals surface area contributed by atoms with E-state index in [9.17, 15) is 13.2 Å². The Labute approximate surface area is 130 Å². The van der Waals surface area contributed by atoms with Crippen LogP contribution < -0.4 is 0 Å². The average Bonchev–Trinajstić information content (AvgIpc) is 2.64. The number of hydrogen-bond donors (Lipinski definition) is 1. The number of alkyl halides is 3. The molecule has 0 radical (unpaired) electrons. The van der Waals surface area contributed by atoms with Crippen molar-refractivity contribution in [3.63, 3.8) is 0 Å². The number of nitrogens with zero attached hydrogens (tertiary/aromatic N) is 1. The highest BCUT2D eigenvalue weighted by Crippen LogP contribution is 2.41. The molecule has 2 nitrogen and oxygen atoms in total. The second-order valence-electron chi connectivity index (χ2n) is 3.83. The van der Waals surface area contributed by atoms with E-state index >= 15 is 0 Å². The van der Waals surface area contributed by atoms with Crippen LogP contribution >= 0.6 is 39.1 Å². The molecule has 1 heterocycles. The van der Waals surface area contributed by atoms with Gasteiger partial charge in [-0.05, 0) is 34.1 Å². The molecule has 0 amide bonds. The molecule has 0 atom stereocenters. The highest BCUT2D eigenvalue weighted by molar-refractivity contribution is 9.10. The molecule has 0 unspecified atom stereocenters. The number of aromatic amines is 1. The van der Waals surface area contributed by atoms with Crippen molar-refractivity contribution in [2.24, 2.45) is 0 Å². The summed E-state index contributed by atoms with van der Waals surface area (Å²) in [5.74, 6) is 0. The summed E-state index contributed by atoms with van der Waals surface area (Å²) in [5, 5.41) is 9.56. The van der Waals surface area contributed by atoms with Crippen LogP contribution in [0.2, 0.25) is 10.0 Å². The lowest BCUT2D eigenvalue weighted by Crippen LogP contribution is -2.06. The van der Waals surface area contributed by atoms with Gasteiger partial charge < -0.3 is 4.98 Å². The molecule has 0 saturated heterocycles. The van der Waals surface area contributed by atoms with Crippen LogP contribution in [0, 0.1) is 11.3 Å². The minimum atomic E-state index is -4.61. The number of nitriles is 1. The number of nitrogens with one attached hydrogen (secondary N) is 1. The number of halogens is 6. The van der Waals surface area contributed by atoms with Gasteiger partial charge in [-0.2, -0.15) is 18.4 Å². The van der Waals surface area contributed by atoms with Crippen LogP contribution in [-0.2, 0) is 6.18 Å². The number of benzene rings is 1. The monoisotopic (exact) mass is 382 g/mol. The van der Waals surface area contributed by atoms with Crippen molar-refractivity contribution >= 4 is 39.1 Å². The molecule has 2 aromatic rings. The van der Waals surface area contributed by atoms with Gasteiger partial charge in [0.2, 0.25) is 0 Å². The average molecular weight is 384 g/mol. The SMILES string of the molecule is N#Cc1c(-c2cc(Cl)cc(Cl)c2)[nH]c(C(F)(F)F)c1Br. The van der Waals surface area contributed by atoms with Crippen molar-refractivity contribution < 1.29 is 13.2 Å². The first kappa shape index (κ1) is 15.2. The summed E-state index contributed by atoms with van der Waals surface area (Å²) in [5.41, 5.74) is -0.873. The van der Waals surface area contributed by atoms with E-state index in [1.165, 1.54) is 18.2 Å². The molecule has 0 bridgehead atoms. The van der Waals surface area contributed by atoms with E-state index in [1.807, 2.05) is 0 Å². The lowest BCUT2D eigenvalue weighted by Gasteiger charge is -2.04. The van der Waals surface area contributed by atoms with Gasteiger partial charge in [0.25, 0.3) is 0 Å². The van der Waals surface area contributed by atoms with Gasteiger partial charge in [0.05, 0.1) is 15.7 Å². The Bertz CT molecular complexity index is 696. The van der Waals surface area contributed by atoms with Crippen molar-refractivity contribution in [2.45, 2.75) is 6.18 Å². The molecule has 104 valence electrons. The maximum Gasteiger partial charge on any atom is 0.432 e. The molecule has 0 aliphatic carbocycles. The Morgan fingerprint density at radius 2 is 1.70 bits per heavy atom. The number of hydrogen-bond acceptors (Lipinski definition) is 1. The lowest BCUT2D eigenvalue weighted by atomic mass is 10.1. The summed E-state index contributed by atoms with van der Waals surface area (Å²) >= 11 is 14.4. The summed E-state index contributed by atoms with van der Waals surface area (Å²) in [4.78, 5) is 2.20. The van der Waals surface area contributed by atoms with Gasteiger partial charge in [-0.1, -0.05) is 23.2 Å². The zero-order valence-electron chi connectivity index (χ0n) is 9.45. The third-order valence-electron chi connectivity index (χ3n) is 2.49. The smallest absolute Gasteiger partial charge is 0.349 e. The molecule has 8 heteroatoms. The van der Waals surface area contributed by atoms with Gasteiger partial charge >= 0.3 is 6.18 Å². The minimum absolute atomic E-state index is 0.0103. The topological polar surface area (TPSA) is 39.6 Å². The fourth-order valence-electron chi connectivity index (χ4n) is 1.69. The van der Waals surface area contributed by atoms with Crippen molar-refractivity contribution in [1.29, 1.82) is 5.26 Å². The van der Waals surface area contributed by atoms with E-state index in [2.05, 4.69) is 20.9 Å². The predicted molar refractivity (Wildman–Crippen MR) is 73.7 cm³/mol. The van der Waals surface area contributed by atoms with Crippen LogP contribution in [0.4, 0.5) is 13.2 Å². The number of H-pyrrole nitrogens is 1. The fourth-order valence-corrected chi connectivity index (χ4v) is 2.83. The van der Waals surface area contributed by atoms with Gasteiger partial charge in [-0.15, -0.1) is 0 Å². The molecule has 0 aliphatic heterocycles. The maximum atomic E-state index is 12.8. The Morgan fingerprint density at radius 3 is 2.15 bits per heavy atom. The van der Waals surface area contributed by atoms with Crippen molar-refractivity contribution in [3.05, 3.63) is 44.0 Å². The maximum absolute atomic E-state index is 12.8. The van der Waals surface area contributed by atoms with E-state index in [0.717, 1.165) is 0 Å². The molecular formula is C12H4BrCl2F3N2. The normalized spacial score (nSPS) is 11.4. The summed E-state index contributed by atoms with van der Waals surface area (Å²) in [6.45, 7) is 0. The fraction of sp³-hybridized carbons (Fsp3) is 0.0833. The molecule has 20 heavy (non-hydrogen) atoms. The van der Waals surface area contributed by atoms with Crippen LogP contribution in [0.3, 0.4) is 0 Å². The molecule has 0 fully saturated rings. The minimum Gasteiger partial charge on any atom is -0.349 e. The van der Waals surface area contributed by atoms with E-state index in [4.69, 9.17) is 28.5 Å². The van der Waals surface area contributed by atoms with Crippen LogP contribution in [0.15, 0.2) is 22.7 Å². The van der Waals surface area contributed by atoms with E-state index < -0.39 is 11.9 Å². The number of rotatable bonds is 1. The van der Waals surface area contributed by atoms with Gasteiger partial charge in [-0.25, -0.2) is 0 Å². The molecule has 0 aliphatic rings. The zero-order valence-corrected chi connectivity index (χ0v) is 12.5. The highest BCUT2D eigenvalue weighted by atomic mass is 79.9. The van der Waals surface area contributed by atoms with E-state index in [1.54, 1.807) is 6.07 Å². The van der Waals surface area contributed by atoms with E-state index in [0.29, 0.717) is 5.56 Å². The summed E-state index contributed by atoms with van der Waals surface area (Å²) in [6, 6.07) is 6.02. The Morgan fingerprint density at radius 1 is 1.15 bits per heavy atom. The first-order chi connectivity index (χ1) is 9.24. The van der Waals surface area contributed by atoms with Crippen LogP contribution in [0.5, 0.6) is 0 Å². The first-order valence-corrected chi connectivity index (χ1v) is 6.64. The zero-order chi connectivity index (χ0) is 15.1. The van der Waals surface area contributed by atoms with Gasteiger partial charge in [0.1, 0.15) is 11.8 Å². The second kappa shape index (κ2) is 5.32. The summed E-state index contributed by atoms with van der Waals surface area (Å²) < 4.78 is 38.2. The van der Waals surface area contributed by atoms with Crippen LogP contribution in [0.1, 0.15) is 11.3 Å². The highest BCUT2D eigenvalue weighted by Gasteiger charge is 2.37. The predicted octanol–water partition coefficient (Wildman–Crippen LogP) is 5.64. The molecule has 1 aromatic carbocycles. The standard InChI is InChI=1S/C12H4BrCl2F3N2/c13-9-8(4-19)10(20-11(9)12(16,17)18)5-1-6(14)3-7(15)2-5/h1-3,20H. The van der Waals surface area contributed by atoms with Crippen LogP contribution in [-0.4, -0.2) is 4.98 Å². The quantitative estimate of drug-likeness (QED) is 0.679.